The zero-order valence-corrected chi connectivity index (χ0v) is 12.7. The molecule has 7 heteroatoms. The lowest BCUT2D eigenvalue weighted by Crippen LogP contribution is -2.28. The molecule has 20 heavy (non-hydrogen) atoms. The zero-order chi connectivity index (χ0) is 15.1. The van der Waals surface area contributed by atoms with Crippen molar-refractivity contribution in [2.75, 3.05) is 13.7 Å². The fourth-order valence-corrected chi connectivity index (χ4v) is 1.81. The fraction of sp³-hybridized carbons (Fsp3) is 0.308. The number of halogens is 1. The lowest BCUT2D eigenvalue weighted by Gasteiger charge is -2.08. The third-order valence-electron chi connectivity index (χ3n) is 2.34. The molecule has 1 amide bonds. The van der Waals surface area contributed by atoms with Crippen LogP contribution in [-0.2, 0) is 25.7 Å². The van der Waals surface area contributed by atoms with Crippen molar-refractivity contribution in [1.82, 2.24) is 5.32 Å². The molecule has 0 aliphatic rings. The molecule has 0 aliphatic heterocycles. The van der Waals surface area contributed by atoms with Gasteiger partial charge in [0.2, 0.25) is 5.91 Å². The Kier molecular flexibility index (Phi) is 6.17. The van der Waals surface area contributed by atoms with Gasteiger partial charge in [0.15, 0.2) is 0 Å². The highest BCUT2D eigenvalue weighted by atomic mass is 79.9. The molecule has 108 valence electrons. The van der Waals surface area contributed by atoms with E-state index in [1.165, 1.54) is 14.0 Å². The third kappa shape index (κ3) is 5.00. The number of carbonyl (C=O) groups excluding carboxylic acids is 3. The van der Waals surface area contributed by atoms with Gasteiger partial charge >= 0.3 is 11.9 Å². The van der Waals surface area contributed by atoms with E-state index in [0.29, 0.717) is 15.6 Å². The van der Waals surface area contributed by atoms with Crippen LogP contribution < -0.4 is 5.32 Å². The van der Waals surface area contributed by atoms with Crippen molar-refractivity contribution < 1.29 is 23.9 Å². The summed E-state index contributed by atoms with van der Waals surface area (Å²) in [7, 11) is 1.30. The number of benzene rings is 1. The molecule has 0 radical (unpaired) electrons. The van der Waals surface area contributed by atoms with Crippen LogP contribution in [0.15, 0.2) is 22.7 Å². The first-order valence-corrected chi connectivity index (χ1v) is 6.50. The minimum Gasteiger partial charge on any atom is -0.465 e. The lowest BCUT2D eigenvalue weighted by molar-refractivity contribution is -0.145. The number of esters is 2. The lowest BCUT2D eigenvalue weighted by atomic mass is 10.1. The smallest absolute Gasteiger partial charge is 0.337 e. The van der Waals surface area contributed by atoms with E-state index in [-0.39, 0.29) is 19.1 Å². The standard InChI is InChI=1S/C13H14BrNO5/c1-8(16)15-6-12(17)20-7-10-4-3-9(5-11(10)14)13(18)19-2/h3-5H,6-7H2,1-2H3,(H,15,16). The van der Waals surface area contributed by atoms with E-state index in [1.807, 2.05) is 0 Å². The first-order valence-electron chi connectivity index (χ1n) is 5.71. The Labute approximate surface area is 124 Å². The second kappa shape index (κ2) is 7.64. The average Bonchev–Trinajstić information content (AvgIpc) is 2.42. The minimum atomic E-state index is -0.538. The predicted octanol–water partition coefficient (Wildman–Crippen LogP) is 1.42. The zero-order valence-electron chi connectivity index (χ0n) is 11.1. The summed E-state index contributed by atoms with van der Waals surface area (Å²) in [6, 6.07) is 4.82. The Morgan fingerprint density at radius 3 is 2.55 bits per heavy atom. The van der Waals surface area contributed by atoms with Gasteiger partial charge in [0, 0.05) is 17.0 Å². The maximum Gasteiger partial charge on any atom is 0.337 e. The maximum absolute atomic E-state index is 11.3. The molecule has 0 atom stereocenters. The van der Waals surface area contributed by atoms with E-state index in [1.54, 1.807) is 18.2 Å². The van der Waals surface area contributed by atoms with Crippen LogP contribution in [0.3, 0.4) is 0 Å². The molecule has 0 saturated heterocycles. The number of nitrogens with one attached hydrogen (secondary N) is 1. The van der Waals surface area contributed by atoms with E-state index in [2.05, 4.69) is 26.0 Å². The van der Waals surface area contributed by atoms with Crippen molar-refractivity contribution in [3.8, 4) is 0 Å². The second-order valence-electron chi connectivity index (χ2n) is 3.87. The van der Waals surface area contributed by atoms with Gasteiger partial charge in [-0.2, -0.15) is 0 Å². The van der Waals surface area contributed by atoms with E-state index in [4.69, 9.17) is 4.74 Å². The van der Waals surface area contributed by atoms with Crippen molar-refractivity contribution in [3.05, 3.63) is 33.8 Å². The summed E-state index contributed by atoms with van der Waals surface area (Å²) >= 11 is 3.29. The molecule has 0 unspecified atom stereocenters. The number of ether oxygens (including phenoxy) is 2. The quantitative estimate of drug-likeness (QED) is 0.817. The van der Waals surface area contributed by atoms with Crippen LogP contribution in [0.5, 0.6) is 0 Å². The van der Waals surface area contributed by atoms with Crippen LogP contribution in [0.1, 0.15) is 22.8 Å². The fourth-order valence-electron chi connectivity index (χ4n) is 1.32. The first-order chi connectivity index (χ1) is 9.43. The molecule has 6 nitrogen and oxygen atoms in total. The van der Waals surface area contributed by atoms with Gasteiger partial charge in [0.25, 0.3) is 0 Å². The molecule has 0 heterocycles. The number of hydrogen-bond donors (Lipinski definition) is 1. The molecule has 0 saturated carbocycles. The summed E-state index contributed by atoms with van der Waals surface area (Å²) < 4.78 is 10.2. The summed E-state index contributed by atoms with van der Waals surface area (Å²) in [6.07, 6.45) is 0. The third-order valence-corrected chi connectivity index (χ3v) is 3.08. The number of methoxy groups -OCH3 is 1. The van der Waals surface area contributed by atoms with Crippen LogP contribution >= 0.6 is 15.9 Å². The Hall–Kier alpha value is -1.89. The van der Waals surface area contributed by atoms with Crippen LogP contribution in [0.4, 0.5) is 0 Å². The molecule has 1 aromatic carbocycles. The predicted molar refractivity (Wildman–Crippen MR) is 74.0 cm³/mol. The van der Waals surface area contributed by atoms with Gasteiger partial charge < -0.3 is 14.8 Å². The molecule has 0 bridgehead atoms. The number of carbonyl (C=O) groups is 3. The summed E-state index contributed by atoms with van der Waals surface area (Å²) in [4.78, 5) is 33.3. The molecule has 0 aliphatic carbocycles. The van der Waals surface area contributed by atoms with Crippen LogP contribution in [0.2, 0.25) is 0 Å². The number of amides is 1. The Bertz CT molecular complexity index is 529. The molecule has 0 aromatic heterocycles. The van der Waals surface area contributed by atoms with E-state index in [9.17, 15) is 14.4 Å². The molecule has 0 spiro atoms. The number of hydrogen-bond acceptors (Lipinski definition) is 5. The Morgan fingerprint density at radius 2 is 2.00 bits per heavy atom. The van der Waals surface area contributed by atoms with Crippen LogP contribution in [0, 0.1) is 0 Å². The van der Waals surface area contributed by atoms with Gasteiger partial charge in [-0.25, -0.2) is 4.79 Å². The van der Waals surface area contributed by atoms with Crippen molar-refractivity contribution in [2.24, 2.45) is 0 Å². The number of rotatable bonds is 5. The van der Waals surface area contributed by atoms with Gasteiger partial charge in [-0.1, -0.05) is 22.0 Å². The minimum absolute atomic E-state index is 0.0421. The van der Waals surface area contributed by atoms with Gasteiger partial charge in [-0.3, -0.25) is 9.59 Å². The van der Waals surface area contributed by atoms with E-state index >= 15 is 0 Å². The Morgan fingerprint density at radius 1 is 1.30 bits per heavy atom. The van der Waals surface area contributed by atoms with Gasteiger partial charge in [-0.05, 0) is 12.1 Å². The molecule has 1 aromatic rings. The van der Waals surface area contributed by atoms with Crippen molar-refractivity contribution >= 4 is 33.8 Å². The summed E-state index contributed by atoms with van der Waals surface area (Å²) in [5.41, 5.74) is 1.10. The van der Waals surface area contributed by atoms with Crippen LogP contribution in [0.25, 0.3) is 0 Å². The molecular formula is C13H14BrNO5. The average molecular weight is 344 g/mol. The first kappa shape index (κ1) is 16.2. The van der Waals surface area contributed by atoms with E-state index in [0.717, 1.165) is 0 Å². The highest BCUT2D eigenvalue weighted by Gasteiger charge is 2.10. The normalized spacial score (nSPS) is 9.75. The van der Waals surface area contributed by atoms with Gasteiger partial charge in [-0.15, -0.1) is 0 Å². The SMILES string of the molecule is COC(=O)c1ccc(COC(=O)CNC(C)=O)c(Br)c1. The van der Waals surface area contributed by atoms with Gasteiger partial charge in [0.1, 0.15) is 13.2 Å². The van der Waals surface area contributed by atoms with Crippen molar-refractivity contribution in [2.45, 2.75) is 13.5 Å². The Balaban J connectivity index is 2.58. The molecule has 1 rings (SSSR count). The molecule has 1 N–H and O–H groups in total. The van der Waals surface area contributed by atoms with Crippen molar-refractivity contribution in [3.63, 3.8) is 0 Å². The maximum atomic E-state index is 11.3. The topological polar surface area (TPSA) is 81.7 Å². The molecular weight excluding hydrogens is 330 g/mol. The largest absolute Gasteiger partial charge is 0.465 e. The van der Waals surface area contributed by atoms with Crippen molar-refractivity contribution in [1.29, 1.82) is 0 Å². The monoisotopic (exact) mass is 343 g/mol. The summed E-state index contributed by atoms with van der Waals surface area (Å²) in [5.74, 6) is -1.28. The second-order valence-corrected chi connectivity index (χ2v) is 4.72. The van der Waals surface area contributed by atoms with Gasteiger partial charge in [0.05, 0.1) is 12.7 Å². The highest BCUT2D eigenvalue weighted by Crippen LogP contribution is 2.20. The van der Waals surface area contributed by atoms with Crippen LogP contribution in [-0.4, -0.2) is 31.5 Å². The van der Waals surface area contributed by atoms with E-state index < -0.39 is 11.9 Å². The molecule has 0 fully saturated rings. The highest BCUT2D eigenvalue weighted by molar-refractivity contribution is 9.10. The summed E-state index contributed by atoms with van der Waals surface area (Å²) in [6.45, 7) is 1.18. The summed E-state index contributed by atoms with van der Waals surface area (Å²) in [5, 5.41) is 2.34.